The quantitative estimate of drug-likeness (QED) is 0.644. The van der Waals surface area contributed by atoms with Gasteiger partial charge in [0.25, 0.3) is 11.8 Å². The van der Waals surface area contributed by atoms with E-state index in [4.69, 9.17) is 0 Å². The van der Waals surface area contributed by atoms with Crippen molar-refractivity contribution in [3.8, 4) is 0 Å². The van der Waals surface area contributed by atoms with Crippen LogP contribution in [-0.2, 0) is 13.0 Å². The second-order valence-corrected chi connectivity index (χ2v) is 10.2. The van der Waals surface area contributed by atoms with E-state index in [0.29, 0.717) is 24.9 Å². The molecular formula is C28H37N3O3. The zero-order valence-electron chi connectivity index (χ0n) is 20.5. The van der Waals surface area contributed by atoms with Crippen LogP contribution in [0.2, 0.25) is 0 Å². The maximum absolute atomic E-state index is 13.5. The number of hydrogen-bond acceptors (Lipinski definition) is 3. The molecule has 1 aliphatic heterocycles. The number of piperidine rings is 1. The highest BCUT2D eigenvalue weighted by atomic mass is 16.2. The lowest BCUT2D eigenvalue weighted by Gasteiger charge is -2.32. The normalized spacial score (nSPS) is 17.5. The number of carbonyl (C=O) groups is 2. The summed E-state index contributed by atoms with van der Waals surface area (Å²) in [6.45, 7) is 2.03. The van der Waals surface area contributed by atoms with Crippen molar-refractivity contribution >= 4 is 11.8 Å². The first-order valence-corrected chi connectivity index (χ1v) is 12.7. The number of likely N-dealkylation sites (tertiary alicyclic amines) is 1. The summed E-state index contributed by atoms with van der Waals surface area (Å²) in [6, 6.07) is 10.5. The lowest BCUT2D eigenvalue weighted by molar-refractivity contribution is 0.0688. The number of hydrogen-bond donors (Lipinski definition) is 0. The van der Waals surface area contributed by atoms with Crippen molar-refractivity contribution in [2.24, 2.45) is 11.8 Å². The molecule has 4 rings (SSSR count). The molecule has 0 radical (unpaired) electrons. The fourth-order valence-electron chi connectivity index (χ4n) is 5.41. The summed E-state index contributed by atoms with van der Waals surface area (Å²) >= 11 is 0. The molecule has 1 saturated carbocycles. The van der Waals surface area contributed by atoms with Crippen molar-refractivity contribution in [3.63, 3.8) is 0 Å². The van der Waals surface area contributed by atoms with Crippen LogP contribution in [-0.4, -0.2) is 53.4 Å². The van der Waals surface area contributed by atoms with Crippen molar-refractivity contribution in [2.45, 2.75) is 57.9 Å². The third kappa shape index (κ3) is 5.78. The molecule has 2 heterocycles. The van der Waals surface area contributed by atoms with E-state index >= 15 is 0 Å². The van der Waals surface area contributed by atoms with Gasteiger partial charge in [-0.1, -0.05) is 49.6 Å². The molecule has 2 aliphatic rings. The summed E-state index contributed by atoms with van der Waals surface area (Å²) in [5.74, 6) is 0.471. The Balaban J connectivity index is 1.51. The first kappa shape index (κ1) is 24.2. The molecular weight excluding hydrogens is 426 g/mol. The molecule has 6 heteroatoms. The van der Waals surface area contributed by atoms with Gasteiger partial charge in [0.15, 0.2) is 0 Å². The molecule has 1 aromatic carbocycles. The summed E-state index contributed by atoms with van der Waals surface area (Å²) in [6.07, 6.45) is 12.2. The van der Waals surface area contributed by atoms with Crippen LogP contribution in [0.4, 0.5) is 0 Å². The van der Waals surface area contributed by atoms with Gasteiger partial charge in [-0.3, -0.25) is 14.4 Å². The fourth-order valence-corrected chi connectivity index (χ4v) is 5.41. The number of benzene rings is 1. The molecule has 2 amide bonds. The van der Waals surface area contributed by atoms with Crippen LogP contribution in [0.25, 0.3) is 0 Å². The van der Waals surface area contributed by atoms with Crippen molar-refractivity contribution in [2.75, 3.05) is 27.2 Å². The Morgan fingerprint density at radius 3 is 2.18 bits per heavy atom. The van der Waals surface area contributed by atoms with E-state index in [9.17, 15) is 14.4 Å². The lowest BCUT2D eigenvalue weighted by Crippen LogP contribution is -2.42. The van der Waals surface area contributed by atoms with Crippen LogP contribution in [0.3, 0.4) is 0 Å². The minimum absolute atomic E-state index is 0.0885. The summed E-state index contributed by atoms with van der Waals surface area (Å²) in [5, 5.41) is 0. The van der Waals surface area contributed by atoms with E-state index < -0.39 is 5.43 Å². The Morgan fingerprint density at radius 1 is 0.882 bits per heavy atom. The zero-order chi connectivity index (χ0) is 24.1. The van der Waals surface area contributed by atoms with E-state index in [2.05, 4.69) is 24.3 Å². The van der Waals surface area contributed by atoms with Crippen LogP contribution < -0.4 is 5.43 Å². The predicted octanol–water partition coefficient (Wildman–Crippen LogP) is 4.23. The molecule has 182 valence electrons. The SMILES string of the molecule is CN(C)C(=O)c1cn(CC2CCCCC2)cc(C(=O)N2CCC(Cc3ccccc3)CC2)c1=O. The van der Waals surface area contributed by atoms with E-state index in [1.165, 1.54) is 29.7 Å². The van der Waals surface area contributed by atoms with Gasteiger partial charge in [0, 0.05) is 46.1 Å². The third-order valence-electron chi connectivity index (χ3n) is 7.41. The summed E-state index contributed by atoms with van der Waals surface area (Å²) < 4.78 is 1.92. The monoisotopic (exact) mass is 463 g/mol. The van der Waals surface area contributed by atoms with Gasteiger partial charge >= 0.3 is 0 Å². The van der Waals surface area contributed by atoms with E-state index in [0.717, 1.165) is 38.6 Å². The van der Waals surface area contributed by atoms with E-state index in [1.807, 2.05) is 10.6 Å². The van der Waals surface area contributed by atoms with Crippen molar-refractivity contribution in [3.05, 3.63) is 69.6 Å². The molecule has 2 fully saturated rings. The molecule has 0 N–H and O–H groups in total. The molecule has 0 unspecified atom stereocenters. The molecule has 34 heavy (non-hydrogen) atoms. The average molecular weight is 464 g/mol. The number of carbonyl (C=O) groups excluding carboxylic acids is 2. The number of nitrogens with zero attached hydrogens (tertiary/aromatic N) is 3. The highest BCUT2D eigenvalue weighted by Gasteiger charge is 2.28. The van der Waals surface area contributed by atoms with Gasteiger partial charge in [0.2, 0.25) is 5.43 Å². The Hall–Kier alpha value is -2.89. The van der Waals surface area contributed by atoms with Crippen LogP contribution in [0, 0.1) is 11.8 Å². The largest absolute Gasteiger partial charge is 0.352 e. The summed E-state index contributed by atoms with van der Waals surface area (Å²) in [7, 11) is 3.28. The van der Waals surface area contributed by atoms with Crippen molar-refractivity contribution < 1.29 is 9.59 Å². The first-order valence-electron chi connectivity index (χ1n) is 12.7. The van der Waals surface area contributed by atoms with Gasteiger partial charge in [-0.2, -0.15) is 0 Å². The fraction of sp³-hybridized carbons (Fsp3) is 0.536. The van der Waals surface area contributed by atoms with Gasteiger partial charge < -0.3 is 14.4 Å². The Kier molecular flexibility index (Phi) is 7.86. The van der Waals surface area contributed by atoms with Crippen LogP contribution in [0.1, 0.15) is 71.2 Å². The Morgan fingerprint density at radius 2 is 1.53 bits per heavy atom. The van der Waals surface area contributed by atoms with E-state index in [1.54, 1.807) is 31.4 Å². The maximum atomic E-state index is 13.5. The smallest absolute Gasteiger partial charge is 0.259 e. The number of aromatic nitrogens is 1. The van der Waals surface area contributed by atoms with E-state index in [-0.39, 0.29) is 22.9 Å². The highest BCUT2D eigenvalue weighted by molar-refractivity contribution is 5.99. The number of pyridine rings is 1. The topological polar surface area (TPSA) is 62.6 Å². The predicted molar refractivity (Wildman–Crippen MR) is 134 cm³/mol. The zero-order valence-corrected chi connectivity index (χ0v) is 20.5. The Labute approximate surface area is 202 Å². The third-order valence-corrected chi connectivity index (χ3v) is 7.41. The average Bonchev–Trinajstić information content (AvgIpc) is 2.86. The molecule has 6 nitrogen and oxygen atoms in total. The van der Waals surface area contributed by atoms with Gasteiger partial charge in [-0.15, -0.1) is 0 Å². The van der Waals surface area contributed by atoms with Gasteiger partial charge in [0.05, 0.1) is 0 Å². The molecule has 0 bridgehead atoms. The summed E-state index contributed by atoms with van der Waals surface area (Å²) in [4.78, 5) is 42.7. The van der Waals surface area contributed by atoms with Crippen molar-refractivity contribution in [1.29, 1.82) is 0 Å². The molecule has 0 atom stereocenters. The molecule has 0 spiro atoms. The highest BCUT2D eigenvalue weighted by Crippen LogP contribution is 2.26. The Bertz CT molecular complexity index is 1050. The molecule has 1 aromatic heterocycles. The van der Waals surface area contributed by atoms with Gasteiger partial charge in [0.1, 0.15) is 11.1 Å². The van der Waals surface area contributed by atoms with Crippen LogP contribution in [0.5, 0.6) is 0 Å². The number of amides is 2. The molecule has 1 saturated heterocycles. The standard InChI is InChI=1S/C28H37N3O3/c1-29(2)27(33)24-19-30(18-23-11-7-4-8-12-23)20-25(26(24)32)28(34)31-15-13-22(14-16-31)17-21-9-5-3-6-10-21/h3,5-6,9-10,19-20,22-23H,4,7-8,11-18H2,1-2H3. The lowest BCUT2D eigenvalue weighted by atomic mass is 9.89. The van der Waals surface area contributed by atoms with Crippen LogP contribution >= 0.6 is 0 Å². The molecule has 2 aromatic rings. The van der Waals surface area contributed by atoms with Crippen molar-refractivity contribution in [1.82, 2.24) is 14.4 Å². The maximum Gasteiger partial charge on any atom is 0.259 e. The van der Waals surface area contributed by atoms with Gasteiger partial charge in [-0.25, -0.2) is 0 Å². The van der Waals surface area contributed by atoms with Crippen LogP contribution in [0.15, 0.2) is 47.5 Å². The molecule has 1 aliphatic carbocycles. The minimum atomic E-state index is -0.449. The minimum Gasteiger partial charge on any atom is -0.352 e. The summed E-state index contributed by atoms with van der Waals surface area (Å²) in [5.41, 5.74) is 1.10. The number of rotatable bonds is 6. The first-order chi connectivity index (χ1) is 16.4. The second kappa shape index (κ2) is 11.0. The van der Waals surface area contributed by atoms with Gasteiger partial charge in [-0.05, 0) is 49.5 Å². The second-order valence-electron chi connectivity index (χ2n) is 10.2.